The van der Waals surface area contributed by atoms with Gasteiger partial charge in [-0.05, 0) is 67.2 Å². The molecule has 12 rings (SSSR count). The topological polar surface area (TPSA) is 41.9 Å². The Morgan fingerprint density at radius 3 is 0.787 bits per heavy atom. The molecule has 0 spiro atoms. The number of rotatable bonds is 6. The average Bonchev–Trinajstić information content (AvgIpc) is 3.33. The summed E-state index contributed by atoms with van der Waals surface area (Å²) >= 11 is 0. The SMILES string of the molecule is c1ccc2c(-c3ccc(N(c4ccc(-c5cncc6ccccc56)c5ccccc45)c4ccc(-c5cncc6ccccc56)c5ccccc45)c4ccccc34)cncc2c1. The van der Waals surface area contributed by atoms with Crippen molar-refractivity contribution in [2.75, 3.05) is 4.90 Å². The molecular weight excluding hydrogens is 741 g/mol. The van der Waals surface area contributed by atoms with Gasteiger partial charge in [-0.3, -0.25) is 15.0 Å². The van der Waals surface area contributed by atoms with Crippen molar-refractivity contribution in [2.45, 2.75) is 0 Å². The Kier molecular flexibility index (Phi) is 8.13. The largest absolute Gasteiger partial charge is 0.309 e. The van der Waals surface area contributed by atoms with Crippen LogP contribution in [0.2, 0.25) is 0 Å². The monoisotopic (exact) mass is 776 g/mol. The van der Waals surface area contributed by atoms with Crippen LogP contribution in [-0.4, -0.2) is 15.0 Å². The van der Waals surface area contributed by atoms with Gasteiger partial charge in [0.15, 0.2) is 0 Å². The minimum Gasteiger partial charge on any atom is -0.309 e. The second-order valence-corrected chi connectivity index (χ2v) is 15.6. The van der Waals surface area contributed by atoms with E-state index in [1.165, 1.54) is 16.2 Å². The van der Waals surface area contributed by atoms with Crippen LogP contribution in [0.4, 0.5) is 17.1 Å². The Labute approximate surface area is 352 Å². The molecule has 0 saturated heterocycles. The first-order valence-corrected chi connectivity index (χ1v) is 20.6. The quantitative estimate of drug-likeness (QED) is 0.169. The number of benzene rings is 9. The molecule has 0 radical (unpaired) electrons. The lowest BCUT2D eigenvalue weighted by Crippen LogP contribution is -2.12. The Bertz CT molecular complexity index is 3280. The van der Waals surface area contributed by atoms with Crippen LogP contribution < -0.4 is 4.90 Å². The lowest BCUT2D eigenvalue weighted by molar-refractivity contribution is 1.32. The van der Waals surface area contributed by atoms with E-state index in [-0.39, 0.29) is 0 Å². The van der Waals surface area contributed by atoms with E-state index in [9.17, 15) is 0 Å². The molecule has 4 nitrogen and oxygen atoms in total. The van der Waals surface area contributed by atoms with Crippen molar-refractivity contribution in [3.8, 4) is 33.4 Å². The summed E-state index contributed by atoms with van der Waals surface area (Å²) in [4.78, 5) is 16.6. The standard InChI is InChI=1S/C57H36N4/c1-4-16-40-37(13-1)31-58-34-52(40)46-25-28-55(49-22-10-7-19-43(46)49)61(56-29-26-47(44-20-8-11-23-50(44)56)53-35-59-32-38-14-2-5-17-41(38)53)57-30-27-48(45-21-9-12-24-51(45)57)54-36-60-33-39-15-3-6-18-42(39)54/h1-36H. The maximum Gasteiger partial charge on any atom is 0.0540 e. The summed E-state index contributed by atoms with van der Waals surface area (Å²) in [5, 5.41) is 13.8. The minimum absolute atomic E-state index is 1.09. The molecule has 0 aliphatic heterocycles. The molecule has 0 aliphatic rings. The van der Waals surface area contributed by atoms with Crippen LogP contribution in [-0.2, 0) is 0 Å². The first kappa shape index (κ1) is 34.8. The van der Waals surface area contributed by atoms with Gasteiger partial charge in [0, 0.05) is 86.2 Å². The fraction of sp³-hybridized carbons (Fsp3) is 0. The number of pyridine rings is 3. The van der Waals surface area contributed by atoms with Crippen molar-refractivity contribution >= 4 is 81.7 Å². The van der Waals surface area contributed by atoms with E-state index in [1.54, 1.807) is 0 Å². The molecule has 0 aliphatic carbocycles. The summed E-state index contributed by atoms with van der Waals surface area (Å²) in [6, 6.07) is 65.7. The van der Waals surface area contributed by atoms with Crippen molar-refractivity contribution in [1.29, 1.82) is 0 Å². The molecule has 3 heterocycles. The Morgan fingerprint density at radius 1 is 0.213 bits per heavy atom. The van der Waals surface area contributed by atoms with Gasteiger partial charge in [-0.25, -0.2) is 0 Å². The Morgan fingerprint density at radius 2 is 0.475 bits per heavy atom. The van der Waals surface area contributed by atoms with E-state index >= 15 is 0 Å². The summed E-state index contributed by atoms with van der Waals surface area (Å²) in [5.74, 6) is 0. The molecule has 0 amide bonds. The second kappa shape index (κ2) is 14.3. The van der Waals surface area contributed by atoms with E-state index in [0.29, 0.717) is 0 Å². The molecule has 0 bridgehead atoms. The number of anilines is 3. The van der Waals surface area contributed by atoms with Gasteiger partial charge in [0.25, 0.3) is 0 Å². The van der Waals surface area contributed by atoms with E-state index in [1.807, 2.05) is 37.2 Å². The molecule has 4 heteroatoms. The van der Waals surface area contributed by atoms with Gasteiger partial charge in [0.05, 0.1) is 17.1 Å². The van der Waals surface area contributed by atoms with Gasteiger partial charge in [-0.1, -0.05) is 164 Å². The van der Waals surface area contributed by atoms with Crippen LogP contribution in [0.5, 0.6) is 0 Å². The normalized spacial score (nSPS) is 11.6. The zero-order chi connectivity index (χ0) is 40.3. The third-order valence-corrected chi connectivity index (χ3v) is 12.3. The third kappa shape index (κ3) is 5.65. The number of nitrogens with zero attached hydrogens (tertiary/aromatic N) is 4. The fourth-order valence-corrected chi connectivity index (χ4v) is 9.52. The second-order valence-electron chi connectivity index (χ2n) is 15.6. The number of aromatic nitrogens is 3. The number of fused-ring (bicyclic) bond motifs is 6. The highest BCUT2D eigenvalue weighted by Crippen LogP contribution is 2.49. The van der Waals surface area contributed by atoms with E-state index in [4.69, 9.17) is 15.0 Å². The predicted octanol–water partition coefficient (Wildman–Crippen LogP) is 15.3. The molecule has 12 aromatic rings. The van der Waals surface area contributed by atoms with Crippen molar-refractivity contribution in [1.82, 2.24) is 15.0 Å². The Balaban J connectivity index is 1.15. The van der Waals surface area contributed by atoms with Gasteiger partial charge in [-0.2, -0.15) is 0 Å². The maximum atomic E-state index is 4.70. The summed E-state index contributed by atoms with van der Waals surface area (Å²) in [6.07, 6.45) is 11.9. The lowest BCUT2D eigenvalue weighted by atomic mass is 9.91. The van der Waals surface area contributed by atoms with Crippen molar-refractivity contribution in [3.05, 3.63) is 219 Å². The van der Waals surface area contributed by atoms with Crippen LogP contribution in [0, 0.1) is 0 Å². The smallest absolute Gasteiger partial charge is 0.0540 e. The van der Waals surface area contributed by atoms with Crippen LogP contribution in [0.15, 0.2) is 219 Å². The predicted molar refractivity (Wildman–Crippen MR) is 256 cm³/mol. The molecule has 0 atom stereocenters. The zero-order valence-corrected chi connectivity index (χ0v) is 33.1. The molecule has 9 aromatic carbocycles. The Hall–Kier alpha value is -8.21. The van der Waals surface area contributed by atoms with Crippen LogP contribution in [0.3, 0.4) is 0 Å². The fourth-order valence-electron chi connectivity index (χ4n) is 9.52. The molecule has 284 valence electrons. The van der Waals surface area contributed by atoms with E-state index in [0.717, 1.165) is 98.9 Å². The van der Waals surface area contributed by atoms with Crippen LogP contribution >= 0.6 is 0 Å². The molecule has 3 aromatic heterocycles. The van der Waals surface area contributed by atoms with Crippen molar-refractivity contribution in [3.63, 3.8) is 0 Å². The highest BCUT2D eigenvalue weighted by Gasteiger charge is 2.24. The van der Waals surface area contributed by atoms with Gasteiger partial charge < -0.3 is 4.90 Å². The molecule has 0 N–H and O–H groups in total. The molecule has 0 unspecified atom stereocenters. The first-order valence-electron chi connectivity index (χ1n) is 20.6. The van der Waals surface area contributed by atoms with Gasteiger partial charge in [0.2, 0.25) is 0 Å². The van der Waals surface area contributed by atoms with E-state index in [2.05, 4.69) is 187 Å². The highest BCUT2D eigenvalue weighted by molar-refractivity contribution is 6.17. The van der Waals surface area contributed by atoms with Crippen molar-refractivity contribution in [2.24, 2.45) is 0 Å². The molecule has 0 saturated carbocycles. The third-order valence-electron chi connectivity index (χ3n) is 12.3. The summed E-state index contributed by atoms with van der Waals surface area (Å²) < 4.78 is 0. The van der Waals surface area contributed by atoms with Gasteiger partial charge in [-0.15, -0.1) is 0 Å². The van der Waals surface area contributed by atoms with Crippen molar-refractivity contribution < 1.29 is 0 Å². The van der Waals surface area contributed by atoms with Crippen LogP contribution in [0.1, 0.15) is 0 Å². The van der Waals surface area contributed by atoms with Gasteiger partial charge in [0.1, 0.15) is 0 Å². The lowest BCUT2D eigenvalue weighted by Gasteiger charge is -2.30. The number of hydrogen-bond donors (Lipinski definition) is 0. The van der Waals surface area contributed by atoms with Gasteiger partial charge >= 0.3 is 0 Å². The maximum absolute atomic E-state index is 4.70. The average molecular weight is 777 g/mol. The molecule has 61 heavy (non-hydrogen) atoms. The molecule has 0 fully saturated rings. The summed E-state index contributed by atoms with van der Waals surface area (Å²) in [6.45, 7) is 0. The van der Waals surface area contributed by atoms with Crippen LogP contribution in [0.25, 0.3) is 98.0 Å². The summed E-state index contributed by atoms with van der Waals surface area (Å²) in [7, 11) is 0. The first-order chi connectivity index (χ1) is 30.3. The zero-order valence-electron chi connectivity index (χ0n) is 33.1. The molecular formula is C57H36N4. The number of hydrogen-bond acceptors (Lipinski definition) is 4. The summed E-state index contributed by atoms with van der Waals surface area (Å²) in [5.41, 5.74) is 10.0. The highest BCUT2D eigenvalue weighted by atomic mass is 15.1. The van der Waals surface area contributed by atoms with E-state index < -0.39 is 0 Å². The minimum atomic E-state index is 1.09.